The molecule has 1 atom stereocenters. The zero-order valence-electron chi connectivity index (χ0n) is 25.8. The van der Waals surface area contributed by atoms with Crippen LogP contribution in [0.5, 0.6) is 5.75 Å². The average Bonchev–Trinajstić information content (AvgIpc) is 3.47. The average molecular weight is 642 g/mol. The molecular weight excluding hydrogens is 605 g/mol. The van der Waals surface area contributed by atoms with Gasteiger partial charge in [-0.3, -0.25) is 14.7 Å². The Morgan fingerprint density at radius 1 is 1.04 bits per heavy atom. The van der Waals surface area contributed by atoms with Crippen molar-refractivity contribution in [1.82, 2.24) is 14.9 Å². The summed E-state index contributed by atoms with van der Waals surface area (Å²) in [5, 5.41) is 9.75. The first-order valence-electron chi connectivity index (χ1n) is 15.8. The van der Waals surface area contributed by atoms with Crippen molar-refractivity contribution in [2.24, 2.45) is 0 Å². The number of carbonyl (C=O) groups is 1. The number of aryl methyl sites for hydroxylation is 2. The second-order valence-corrected chi connectivity index (χ2v) is 12.3. The summed E-state index contributed by atoms with van der Waals surface area (Å²) >= 11 is 6.09. The van der Waals surface area contributed by atoms with Crippen molar-refractivity contribution in [1.29, 1.82) is 0 Å². The highest BCUT2D eigenvalue weighted by Gasteiger charge is 2.27. The minimum absolute atomic E-state index is 0.155. The van der Waals surface area contributed by atoms with Gasteiger partial charge in [0.15, 0.2) is 5.58 Å². The highest BCUT2D eigenvalue weighted by Crippen LogP contribution is 2.35. The molecule has 46 heavy (non-hydrogen) atoms. The van der Waals surface area contributed by atoms with Gasteiger partial charge in [0.2, 0.25) is 5.89 Å². The maximum atomic E-state index is 14.5. The first kappa shape index (κ1) is 31.7. The van der Waals surface area contributed by atoms with Gasteiger partial charge in [-0.25, -0.2) is 9.37 Å². The number of unbranched alkanes of at least 4 members (excludes halogenated alkanes) is 1. The molecule has 0 amide bonds. The number of rotatable bonds is 13. The van der Waals surface area contributed by atoms with Crippen molar-refractivity contribution >= 4 is 28.7 Å². The summed E-state index contributed by atoms with van der Waals surface area (Å²) in [4.78, 5) is 22.9. The summed E-state index contributed by atoms with van der Waals surface area (Å²) in [6, 6.07) is 22.3. The fourth-order valence-corrected chi connectivity index (χ4v) is 6.38. The van der Waals surface area contributed by atoms with Gasteiger partial charge in [0.25, 0.3) is 0 Å². The van der Waals surface area contributed by atoms with Gasteiger partial charge < -0.3 is 14.3 Å². The van der Waals surface area contributed by atoms with E-state index in [0.717, 1.165) is 60.3 Å². The zero-order chi connectivity index (χ0) is 32.0. The molecule has 1 unspecified atom stereocenters. The van der Waals surface area contributed by atoms with Crippen molar-refractivity contribution in [3.63, 3.8) is 0 Å². The Hall–Kier alpha value is -4.27. The van der Waals surface area contributed by atoms with Crippen LogP contribution in [0, 0.1) is 12.7 Å². The van der Waals surface area contributed by atoms with E-state index in [1.54, 1.807) is 24.3 Å². The third-order valence-electron chi connectivity index (χ3n) is 8.56. The Bertz CT molecular complexity index is 1820. The number of pyridine rings is 1. The summed E-state index contributed by atoms with van der Waals surface area (Å²) in [6.07, 6.45) is 5.17. The van der Waals surface area contributed by atoms with E-state index in [1.165, 1.54) is 11.6 Å². The van der Waals surface area contributed by atoms with Gasteiger partial charge in [0.1, 0.15) is 23.7 Å². The molecule has 6 rings (SSSR count). The van der Waals surface area contributed by atoms with Crippen molar-refractivity contribution in [3.05, 3.63) is 112 Å². The highest BCUT2D eigenvalue weighted by atomic mass is 35.5. The quantitative estimate of drug-likeness (QED) is 0.129. The van der Waals surface area contributed by atoms with Crippen LogP contribution in [0.4, 0.5) is 4.39 Å². The van der Waals surface area contributed by atoms with Gasteiger partial charge >= 0.3 is 5.97 Å². The van der Waals surface area contributed by atoms with Crippen molar-refractivity contribution in [2.45, 2.75) is 64.5 Å². The van der Waals surface area contributed by atoms with Crippen LogP contribution >= 0.6 is 11.6 Å². The number of nitrogens with zero attached hydrogens (tertiary/aromatic N) is 3. The van der Waals surface area contributed by atoms with Gasteiger partial charge in [-0.2, -0.15) is 0 Å². The maximum absolute atomic E-state index is 14.5. The molecule has 238 valence electrons. The standard InChI is InChI=1S/C37H37ClFN3O4/c1-24-8-15-30-31(40-24)5-4-6-33(30)42(19-3-2-7-36(43)44)20-18-27-21-29(39)14-17-34(27)45-23-25-9-11-26(12-10-25)37-41-32-22-28(38)13-16-35(32)46-37/h8-17,21-22,33H,2-7,18-20,23H2,1H3,(H,43,44). The van der Waals surface area contributed by atoms with Crippen molar-refractivity contribution in [2.75, 3.05) is 13.1 Å². The summed E-state index contributed by atoms with van der Waals surface area (Å²) in [5.41, 5.74) is 7.39. The van der Waals surface area contributed by atoms with E-state index < -0.39 is 5.97 Å². The predicted molar refractivity (Wildman–Crippen MR) is 177 cm³/mol. The molecule has 0 saturated carbocycles. The number of oxazole rings is 1. The van der Waals surface area contributed by atoms with Crippen LogP contribution in [0.25, 0.3) is 22.6 Å². The predicted octanol–water partition coefficient (Wildman–Crippen LogP) is 8.75. The number of carboxylic acid groups (broad SMARTS) is 1. The largest absolute Gasteiger partial charge is 0.489 e. The van der Waals surface area contributed by atoms with Crippen LogP contribution in [0.1, 0.15) is 66.2 Å². The minimum Gasteiger partial charge on any atom is -0.489 e. The number of carboxylic acids is 1. The molecule has 0 saturated heterocycles. The third-order valence-corrected chi connectivity index (χ3v) is 8.80. The zero-order valence-corrected chi connectivity index (χ0v) is 26.6. The monoisotopic (exact) mass is 641 g/mol. The molecule has 2 aromatic heterocycles. The Kier molecular flexibility index (Phi) is 9.95. The van der Waals surface area contributed by atoms with E-state index in [1.807, 2.05) is 37.3 Å². The van der Waals surface area contributed by atoms with E-state index >= 15 is 0 Å². The van der Waals surface area contributed by atoms with Gasteiger partial charge in [0, 0.05) is 41.0 Å². The van der Waals surface area contributed by atoms with E-state index in [-0.39, 0.29) is 18.3 Å². The lowest BCUT2D eigenvalue weighted by atomic mass is 9.89. The van der Waals surface area contributed by atoms with E-state index in [9.17, 15) is 9.18 Å². The topological polar surface area (TPSA) is 88.7 Å². The fraction of sp³-hybridized carbons (Fsp3) is 0.324. The Balaban J connectivity index is 1.14. The molecule has 0 bridgehead atoms. The minimum atomic E-state index is -0.776. The van der Waals surface area contributed by atoms with Crippen LogP contribution in [0.15, 0.2) is 77.2 Å². The second-order valence-electron chi connectivity index (χ2n) is 11.9. The lowest BCUT2D eigenvalue weighted by Gasteiger charge is -2.36. The molecule has 1 aliphatic rings. The van der Waals surface area contributed by atoms with Crippen LogP contribution < -0.4 is 4.74 Å². The van der Waals surface area contributed by atoms with Crippen LogP contribution in [-0.4, -0.2) is 39.0 Å². The summed E-state index contributed by atoms with van der Waals surface area (Å²) in [5.74, 6) is 0.0852. The Morgan fingerprint density at radius 3 is 2.72 bits per heavy atom. The first-order valence-corrected chi connectivity index (χ1v) is 16.2. The highest BCUT2D eigenvalue weighted by molar-refractivity contribution is 6.31. The fourth-order valence-electron chi connectivity index (χ4n) is 6.21. The lowest BCUT2D eigenvalue weighted by molar-refractivity contribution is -0.137. The summed E-state index contributed by atoms with van der Waals surface area (Å²) in [6.45, 7) is 3.79. The second kappa shape index (κ2) is 14.4. The molecule has 2 heterocycles. The summed E-state index contributed by atoms with van der Waals surface area (Å²) in [7, 11) is 0. The smallest absolute Gasteiger partial charge is 0.303 e. The number of hydrogen-bond acceptors (Lipinski definition) is 6. The van der Waals surface area contributed by atoms with E-state index in [0.29, 0.717) is 53.8 Å². The number of benzene rings is 3. The van der Waals surface area contributed by atoms with Gasteiger partial charge in [0.05, 0.1) is 0 Å². The van der Waals surface area contributed by atoms with E-state index in [2.05, 4.69) is 22.0 Å². The molecular formula is C37H37ClFN3O4. The lowest BCUT2D eigenvalue weighted by Crippen LogP contribution is -2.34. The first-order chi connectivity index (χ1) is 22.3. The van der Waals surface area contributed by atoms with Crippen LogP contribution in [-0.2, 0) is 24.2 Å². The Labute approximate surface area is 273 Å². The SMILES string of the molecule is Cc1ccc2c(n1)CCCC2N(CCCCC(=O)O)CCc1cc(F)ccc1OCc1ccc(-c2nc3cc(Cl)ccc3o2)cc1. The summed E-state index contributed by atoms with van der Waals surface area (Å²) < 4.78 is 26.6. The number of aliphatic carboxylic acids is 1. The molecule has 3 aromatic carbocycles. The number of hydrogen-bond donors (Lipinski definition) is 1. The van der Waals surface area contributed by atoms with Crippen LogP contribution in [0.3, 0.4) is 0 Å². The molecule has 5 aromatic rings. The molecule has 9 heteroatoms. The molecule has 0 spiro atoms. The third kappa shape index (κ3) is 7.74. The van der Waals surface area contributed by atoms with Crippen molar-refractivity contribution in [3.8, 4) is 17.2 Å². The van der Waals surface area contributed by atoms with E-state index in [4.69, 9.17) is 30.8 Å². The molecule has 0 radical (unpaired) electrons. The normalized spacial score (nSPS) is 14.5. The van der Waals surface area contributed by atoms with Gasteiger partial charge in [-0.05, 0) is 123 Å². The number of fused-ring (bicyclic) bond motifs is 2. The van der Waals surface area contributed by atoms with Gasteiger partial charge in [-0.1, -0.05) is 29.8 Å². The molecule has 0 fully saturated rings. The maximum Gasteiger partial charge on any atom is 0.303 e. The molecule has 1 aliphatic carbocycles. The van der Waals surface area contributed by atoms with Gasteiger partial charge in [-0.15, -0.1) is 0 Å². The molecule has 0 aliphatic heterocycles. The number of aromatic nitrogens is 2. The number of halogens is 2. The Morgan fingerprint density at radius 2 is 1.89 bits per heavy atom. The molecule has 1 N–H and O–H groups in total. The van der Waals surface area contributed by atoms with Crippen LogP contribution in [0.2, 0.25) is 5.02 Å². The molecule has 7 nitrogen and oxygen atoms in total. The number of ether oxygens (including phenoxy) is 1. The van der Waals surface area contributed by atoms with Crippen molar-refractivity contribution < 1.29 is 23.4 Å².